The molecule has 0 aliphatic heterocycles. The fourth-order valence-corrected chi connectivity index (χ4v) is 15.4. The van der Waals surface area contributed by atoms with Gasteiger partial charge in [-0.05, 0) is 85.5 Å². The molecule has 0 aliphatic rings. The first-order valence-corrected chi connectivity index (χ1v) is 23.8. The van der Waals surface area contributed by atoms with Crippen LogP contribution in [0.25, 0.3) is 77.2 Å². The lowest BCUT2D eigenvalue weighted by molar-refractivity contribution is 1.15. The Morgan fingerprint density at radius 1 is 0.270 bits per heavy atom. The van der Waals surface area contributed by atoms with Crippen LogP contribution in [0.2, 0.25) is 0 Å². The van der Waals surface area contributed by atoms with E-state index in [1.807, 2.05) is 0 Å². The van der Waals surface area contributed by atoms with Crippen molar-refractivity contribution in [1.29, 1.82) is 0 Å². The van der Waals surface area contributed by atoms with Gasteiger partial charge in [-0.25, -0.2) is 0 Å². The molecular formula is C60H42N2Si. The number of benzene rings is 10. The van der Waals surface area contributed by atoms with Crippen molar-refractivity contribution in [2.75, 3.05) is 0 Å². The number of rotatable bonds is 8. The molecular weight excluding hydrogens is 777 g/mol. The van der Waals surface area contributed by atoms with E-state index in [0.717, 1.165) is 11.4 Å². The van der Waals surface area contributed by atoms with Crippen LogP contribution in [-0.4, -0.2) is 17.2 Å². The van der Waals surface area contributed by atoms with Gasteiger partial charge in [0.2, 0.25) is 0 Å². The standard InChI is InChI=1S/C60H42N2Si/c1-6-21-43(22-7-1)45-25-20-26-46(41-45)62-54-35-18-16-33-51(54)52-38-37-47(42-57(52)62)61-55-36-19-17-34-53(55)60-56(61)39-40-58(59(60)44-23-8-2-9-24-44)63(48-27-10-3-11-28-48,49-29-12-4-13-30-49)50-31-14-5-15-32-50/h1-42H. The second-order valence-corrected chi connectivity index (χ2v) is 20.2. The number of hydrogen-bond donors (Lipinski definition) is 0. The van der Waals surface area contributed by atoms with Crippen LogP contribution < -0.4 is 20.7 Å². The van der Waals surface area contributed by atoms with Gasteiger partial charge in [0.05, 0.1) is 22.1 Å². The van der Waals surface area contributed by atoms with Crippen LogP contribution in [0.3, 0.4) is 0 Å². The normalized spacial score (nSPS) is 11.8. The van der Waals surface area contributed by atoms with Crippen molar-refractivity contribution in [3.8, 4) is 33.6 Å². The highest BCUT2D eigenvalue weighted by atomic mass is 28.3. The van der Waals surface area contributed by atoms with E-state index in [9.17, 15) is 0 Å². The van der Waals surface area contributed by atoms with Crippen molar-refractivity contribution in [2.45, 2.75) is 0 Å². The second kappa shape index (κ2) is 15.2. The van der Waals surface area contributed by atoms with Crippen molar-refractivity contribution in [3.63, 3.8) is 0 Å². The van der Waals surface area contributed by atoms with Gasteiger partial charge in [-0.15, -0.1) is 0 Å². The van der Waals surface area contributed by atoms with Gasteiger partial charge in [0.15, 0.2) is 8.07 Å². The Morgan fingerprint density at radius 3 is 1.35 bits per heavy atom. The predicted octanol–water partition coefficient (Wildman–Crippen LogP) is 12.6. The molecule has 0 radical (unpaired) electrons. The first kappa shape index (κ1) is 36.8. The van der Waals surface area contributed by atoms with E-state index in [-0.39, 0.29) is 0 Å². The molecule has 296 valence electrons. The minimum absolute atomic E-state index is 1.13. The summed E-state index contributed by atoms with van der Waals surface area (Å²) in [6.07, 6.45) is 0. The van der Waals surface area contributed by atoms with E-state index in [1.165, 1.54) is 86.6 Å². The van der Waals surface area contributed by atoms with Crippen molar-refractivity contribution in [2.24, 2.45) is 0 Å². The number of fused-ring (bicyclic) bond motifs is 6. The van der Waals surface area contributed by atoms with Gasteiger partial charge >= 0.3 is 0 Å². The monoisotopic (exact) mass is 818 g/mol. The highest BCUT2D eigenvalue weighted by Crippen LogP contribution is 2.41. The van der Waals surface area contributed by atoms with E-state index in [4.69, 9.17) is 0 Å². The maximum absolute atomic E-state index is 2.94. The highest BCUT2D eigenvalue weighted by molar-refractivity contribution is 7.20. The number of nitrogens with zero attached hydrogens (tertiary/aromatic N) is 2. The summed E-state index contributed by atoms with van der Waals surface area (Å²) >= 11 is 0. The summed E-state index contributed by atoms with van der Waals surface area (Å²) in [7, 11) is -2.94. The molecule has 0 spiro atoms. The molecule has 2 heterocycles. The third-order valence-corrected chi connectivity index (χ3v) is 17.9. The maximum Gasteiger partial charge on any atom is 0.180 e. The van der Waals surface area contributed by atoms with Gasteiger partial charge in [-0.3, -0.25) is 0 Å². The lowest BCUT2D eigenvalue weighted by Crippen LogP contribution is -2.75. The molecule has 0 saturated carbocycles. The molecule has 12 rings (SSSR count). The van der Waals surface area contributed by atoms with E-state index in [1.54, 1.807) is 0 Å². The fourth-order valence-electron chi connectivity index (χ4n) is 10.4. The molecule has 0 atom stereocenters. The molecule has 2 aromatic heterocycles. The molecule has 12 aromatic rings. The van der Waals surface area contributed by atoms with Crippen molar-refractivity contribution in [3.05, 3.63) is 255 Å². The zero-order valence-corrected chi connectivity index (χ0v) is 35.6. The lowest BCUT2D eigenvalue weighted by Gasteiger charge is -2.36. The molecule has 0 saturated heterocycles. The third-order valence-electron chi connectivity index (χ3n) is 13.1. The summed E-state index contributed by atoms with van der Waals surface area (Å²) in [5, 5.41) is 10.4. The summed E-state index contributed by atoms with van der Waals surface area (Å²) in [4.78, 5) is 0. The van der Waals surface area contributed by atoms with E-state index >= 15 is 0 Å². The molecule has 0 amide bonds. The molecule has 63 heavy (non-hydrogen) atoms. The Balaban J connectivity index is 1.18. The number of para-hydroxylation sites is 2. The van der Waals surface area contributed by atoms with E-state index in [0.29, 0.717) is 0 Å². The van der Waals surface area contributed by atoms with E-state index < -0.39 is 8.07 Å². The fraction of sp³-hybridized carbons (Fsp3) is 0. The number of hydrogen-bond acceptors (Lipinski definition) is 0. The van der Waals surface area contributed by atoms with Crippen LogP contribution in [0.15, 0.2) is 255 Å². The van der Waals surface area contributed by atoms with Gasteiger partial charge in [-0.1, -0.05) is 212 Å². The molecule has 0 N–H and O–H groups in total. The SMILES string of the molecule is c1ccc(-c2cccc(-n3c4ccccc4c4ccc(-n5c6ccccc6c6c(-c7ccccc7)c([Si](c7ccccc7)(c7ccccc7)c7ccccc7)ccc65)cc43)c2)cc1. The minimum atomic E-state index is -2.94. The summed E-state index contributed by atoms with van der Waals surface area (Å²) in [6, 6.07) is 94.3. The summed E-state index contributed by atoms with van der Waals surface area (Å²) in [6.45, 7) is 0. The zero-order chi connectivity index (χ0) is 41.7. The van der Waals surface area contributed by atoms with Crippen molar-refractivity contribution in [1.82, 2.24) is 9.13 Å². The van der Waals surface area contributed by atoms with Gasteiger partial charge < -0.3 is 9.13 Å². The average Bonchev–Trinajstić information content (AvgIpc) is 3.88. The molecule has 3 heteroatoms. The quantitative estimate of drug-likeness (QED) is 0.107. The van der Waals surface area contributed by atoms with Crippen LogP contribution in [-0.2, 0) is 0 Å². The Labute approximate surface area is 368 Å². The van der Waals surface area contributed by atoms with Gasteiger partial charge in [0, 0.05) is 32.9 Å². The Morgan fingerprint density at radius 2 is 0.730 bits per heavy atom. The predicted molar refractivity (Wildman–Crippen MR) is 270 cm³/mol. The maximum atomic E-state index is 2.50. The van der Waals surface area contributed by atoms with Crippen molar-refractivity contribution < 1.29 is 0 Å². The zero-order valence-electron chi connectivity index (χ0n) is 34.6. The van der Waals surface area contributed by atoms with E-state index in [2.05, 4.69) is 264 Å². The minimum Gasteiger partial charge on any atom is -0.309 e. The van der Waals surface area contributed by atoms with Gasteiger partial charge in [-0.2, -0.15) is 0 Å². The third kappa shape index (κ3) is 5.85. The van der Waals surface area contributed by atoms with Crippen LogP contribution in [0.5, 0.6) is 0 Å². The van der Waals surface area contributed by atoms with Crippen LogP contribution in [0, 0.1) is 0 Å². The topological polar surface area (TPSA) is 9.86 Å². The first-order chi connectivity index (χ1) is 31.3. The Kier molecular flexibility index (Phi) is 8.87. The second-order valence-electron chi connectivity index (χ2n) is 16.4. The highest BCUT2D eigenvalue weighted by Gasteiger charge is 2.43. The van der Waals surface area contributed by atoms with Crippen LogP contribution >= 0.6 is 0 Å². The molecule has 0 aliphatic carbocycles. The molecule has 10 aromatic carbocycles. The summed E-state index contributed by atoms with van der Waals surface area (Å²) in [5.74, 6) is 0. The van der Waals surface area contributed by atoms with Crippen molar-refractivity contribution >= 4 is 72.4 Å². The lowest BCUT2D eigenvalue weighted by atomic mass is 9.99. The molecule has 2 nitrogen and oxygen atoms in total. The summed E-state index contributed by atoms with van der Waals surface area (Å²) < 4.78 is 4.95. The number of aromatic nitrogens is 2. The summed E-state index contributed by atoms with van der Waals surface area (Å²) in [5.41, 5.74) is 11.9. The smallest absolute Gasteiger partial charge is 0.180 e. The van der Waals surface area contributed by atoms with Gasteiger partial charge in [0.1, 0.15) is 0 Å². The molecule has 0 bridgehead atoms. The van der Waals surface area contributed by atoms with Gasteiger partial charge in [0.25, 0.3) is 0 Å². The molecule has 0 fully saturated rings. The average molecular weight is 819 g/mol. The largest absolute Gasteiger partial charge is 0.309 e. The Bertz CT molecular complexity index is 3500. The van der Waals surface area contributed by atoms with Crippen LogP contribution in [0.4, 0.5) is 0 Å². The van der Waals surface area contributed by atoms with Crippen LogP contribution in [0.1, 0.15) is 0 Å². The first-order valence-electron chi connectivity index (χ1n) is 21.8. The molecule has 0 unspecified atom stereocenters. The Hall–Kier alpha value is -7.98.